The summed E-state index contributed by atoms with van der Waals surface area (Å²) < 4.78 is 43.9. The molecule has 0 aliphatic carbocycles. The van der Waals surface area contributed by atoms with Crippen LogP contribution >= 0.6 is 24.0 Å². The van der Waals surface area contributed by atoms with Crippen molar-refractivity contribution in [1.82, 2.24) is 19.4 Å². The van der Waals surface area contributed by atoms with Gasteiger partial charge in [-0.2, -0.15) is 13.2 Å². The molecule has 2 N–H and O–H groups in total. The fourth-order valence-corrected chi connectivity index (χ4v) is 4.93. The molecule has 8 nitrogen and oxygen atoms in total. The number of piperidine rings is 1. The number of fused-ring (bicyclic) bond motifs is 1. The normalized spacial score (nSPS) is 15.8. The fraction of sp³-hybridized carbons (Fsp3) is 0.308. The van der Waals surface area contributed by atoms with E-state index in [1.807, 2.05) is 0 Å². The van der Waals surface area contributed by atoms with E-state index < -0.39 is 29.9 Å². The largest absolute Gasteiger partial charge is 0.453 e. The Morgan fingerprint density at radius 1 is 1.08 bits per heavy atom. The number of hydrogen-bond donors (Lipinski definition) is 1. The van der Waals surface area contributed by atoms with E-state index >= 15 is 0 Å². The summed E-state index contributed by atoms with van der Waals surface area (Å²) >= 11 is 6.38. The molecule has 4 aromatic rings. The Labute approximate surface area is 232 Å². The highest BCUT2D eigenvalue weighted by atomic mass is 35.5. The average Bonchev–Trinajstić information content (AvgIpc) is 3.26. The quantitative estimate of drug-likeness (QED) is 0.340. The summed E-state index contributed by atoms with van der Waals surface area (Å²) in [7, 11) is 0. The third kappa shape index (κ3) is 5.80. The summed E-state index contributed by atoms with van der Waals surface area (Å²) in [6.07, 6.45) is -3.41. The van der Waals surface area contributed by atoms with Crippen molar-refractivity contribution in [2.45, 2.75) is 38.0 Å². The molecule has 0 spiro atoms. The van der Waals surface area contributed by atoms with Gasteiger partial charge in [0.05, 0.1) is 0 Å². The summed E-state index contributed by atoms with van der Waals surface area (Å²) in [6, 6.07) is 14.7. The van der Waals surface area contributed by atoms with Gasteiger partial charge in [0.25, 0.3) is 11.4 Å². The van der Waals surface area contributed by atoms with Crippen molar-refractivity contribution in [1.29, 1.82) is 0 Å². The number of benzene rings is 2. The lowest BCUT2D eigenvalue weighted by atomic mass is 10.0. The van der Waals surface area contributed by atoms with E-state index in [-0.39, 0.29) is 47.3 Å². The first kappa shape index (κ1) is 28.6. The van der Waals surface area contributed by atoms with Crippen molar-refractivity contribution >= 4 is 41.1 Å². The van der Waals surface area contributed by atoms with Crippen LogP contribution in [0.25, 0.3) is 5.52 Å². The second kappa shape index (κ2) is 11.4. The molecule has 13 heteroatoms. The van der Waals surface area contributed by atoms with Gasteiger partial charge in [0.2, 0.25) is 0 Å². The summed E-state index contributed by atoms with van der Waals surface area (Å²) in [5, 5.41) is 8.23. The molecule has 206 valence electrons. The van der Waals surface area contributed by atoms with Gasteiger partial charge in [0.1, 0.15) is 12.1 Å². The number of halogens is 5. The molecule has 1 aliphatic heterocycles. The van der Waals surface area contributed by atoms with E-state index in [0.29, 0.717) is 32.9 Å². The summed E-state index contributed by atoms with van der Waals surface area (Å²) in [5.74, 6) is -1.73. The Balaban J connectivity index is 0.00000353. The first-order chi connectivity index (χ1) is 18.1. The number of nitrogens with zero attached hydrogens (tertiary/aromatic N) is 5. The lowest BCUT2D eigenvalue weighted by molar-refractivity contribution is -0.147. The molecule has 0 radical (unpaired) electrons. The number of hydrogen-bond acceptors (Lipinski definition) is 6. The first-order valence-corrected chi connectivity index (χ1v) is 12.4. The van der Waals surface area contributed by atoms with E-state index in [4.69, 9.17) is 17.3 Å². The maximum atomic E-state index is 14.2. The van der Waals surface area contributed by atoms with Crippen LogP contribution < -0.4 is 16.2 Å². The molecule has 0 unspecified atom stereocenters. The van der Waals surface area contributed by atoms with Crippen molar-refractivity contribution in [3.63, 3.8) is 0 Å². The zero-order chi connectivity index (χ0) is 27.0. The van der Waals surface area contributed by atoms with E-state index in [1.54, 1.807) is 47.4 Å². The van der Waals surface area contributed by atoms with Crippen molar-refractivity contribution in [3.8, 4) is 0 Å². The number of carbonyl (C=O) groups is 1. The standard InChI is InChI=1S/C26H24ClF3N6O2.ClH/c27-20-11-5-4-9-17(20)13-19-22-24(38)35(15-21(37)16-7-2-1-3-8-16)33-25(26(28,29)30)36(22)32-23(19)34-12-6-10-18(31)14-34;/h1-5,7-9,11,18H,6,10,12-15,31H2;1H/t18-;/m1./s1. The van der Waals surface area contributed by atoms with Crippen LogP contribution in [0.15, 0.2) is 59.4 Å². The predicted molar refractivity (Wildman–Crippen MR) is 144 cm³/mol. The maximum absolute atomic E-state index is 14.2. The second-order valence-electron chi connectivity index (χ2n) is 9.25. The highest BCUT2D eigenvalue weighted by molar-refractivity contribution is 6.31. The molecule has 1 atom stereocenters. The van der Waals surface area contributed by atoms with Crippen LogP contribution in [-0.2, 0) is 19.1 Å². The van der Waals surface area contributed by atoms with Crippen molar-refractivity contribution < 1.29 is 18.0 Å². The van der Waals surface area contributed by atoms with E-state index in [9.17, 15) is 22.8 Å². The van der Waals surface area contributed by atoms with Gasteiger partial charge in [-0.3, -0.25) is 9.59 Å². The molecule has 5 rings (SSSR count). The number of Topliss-reactive ketones (excluding diaryl/α,β-unsaturated/α-hetero) is 1. The average molecular weight is 581 g/mol. The number of rotatable bonds is 6. The van der Waals surface area contributed by atoms with Crippen LogP contribution in [0.1, 0.15) is 40.2 Å². The molecule has 2 aromatic heterocycles. The molecule has 0 bridgehead atoms. The first-order valence-electron chi connectivity index (χ1n) is 12.1. The molecule has 2 aromatic carbocycles. The minimum Gasteiger partial charge on any atom is -0.353 e. The van der Waals surface area contributed by atoms with Crippen LogP contribution in [0.4, 0.5) is 19.0 Å². The van der Waals surface area contributed by atoms with Crippen LogP contribution in [0.5, 0.6) is 0 Å². The Kier molecular flexibility index (Phi) is 8.34. The number of aromatic nitrogens is 4. The number of anilines is 1. The molecule has 1 fully saturated rings. The van der Waals surface area contributed by atoms with Crippen LogP contribution in [0, 0.1) is 0 Å². The number of nitrogens with two attached hydrogens (primary N) is 1. The molecule has 1 aliphatic rings. The Morgan fingerprint density at radius 2 is 1.77 bits per heavy atom. The zero-order valence-corrected chi connectivity index (χ0v) is 22.1. The Morgan fingerprint density at radius 3 is 2.44 bits per heavy atom. The molecular weight excluding hydrogens is 556 g/mol. The fourth-order valence-electron chi connectivity index (χ4n) is 4.72. The third-order valence-electron chi connectivity index (χ3n) is 6.54. The zero-order valence-electron chi connectivity index (χ0n) is 20.6. The molecule has 3 heterocycles. The highest BCUT2D eigenvalue weighted by Crippen LogP contribution is 2.33. The summed E-state index contributed by atoms with van der Waals surface area (Å²) in [6.45, 7) is 0.223. The summed E-state index contributed by atoms with van der Waals surface area (Å²) in [4.78, 5) is 28.3. The maximum Gasteiger partial charge on any atom is 0.453 e. The minimum absolute atomic E-state index is 0. The minimum atomic E-state index is -4.95. The lowest BCUT2D eigenvalue weighted by Crippen LogP contribution is -2.43. The SMILES string of the molecule is Cl.N[C@@H]1CCCN(c2nn3c(C(F)(F)F)nn(CC(=O)c4ccccc4)c(=O)c3c2Cc2ccccc2Cl)C1. The van der Waals surface area contributed by atoms with Crippen molar-refractivity contribution in [3.05, 3.63) is 92.5 Å². The summed E-state index contributed by atoms with van der Waals surface area (Å²) in [5.41, 5.74) is 6.13. The van der Waals surface area contributed by atoms with Crippen molar-refractivity contribution in [2.75, 3.05) is 18.0 Å². The Bertz CT molecular complexity index is 1560. The van der Waals surface area contributed by atoms with Gasteiger partial charge in [-0.25, -0.2) is 9.20 Å². The van der Waals surface area contributed by atoms with E-state index in [1.165, 1.54) is 12.1 Å². The van der Waals surface area contributed by atoms with Gasteiger partial charge < -0.3 is 10.6 Å². The second-order valence-corrected chi connectivity index (χ2v) is 9.66. The van der Waals surface area contributed by atoms with E-state index in [0.717, 1.165) is 12.8 Å². The molecule has 0 saturated carbocycles. The van der Waals surface area contributed by atoms with Crippen LogP contribution in [0.2, 0.25) is 5.02 Å². The van der Waals surface area contributed by atoms with Gasteiger partial charge in [-0.05, 0) is 24.5 Å². The monoisotopic (exact) mass is 580 g/mol. The lowest BCUT2D eigenvalue weighted by Gasteiger charge is -2.31. The smallest absolute Gasteiger partial charge is 0.353 e. The number of alkyl halides is 3. The molecule has 39 heavy (non-hydrogen) atoms. The van der Waals surface area contributed by atoms with Gasteiger partial charge in [0, 0.05) is 41.7 Å². The molecule has 0 amide bonds. The predicted octanol–water partition coefficient (Wildman–Crippen LogP) is 4.39. The van der Waals surface area contributed by atoms with E-state index in [2.05, 4.69) is 10.2 Å². The van der Waals surface area contributed by atoms with Gasteiger partial charge in [-0.1, -0.05) is 60.1 Å². The Hall–Kier alpha value is -3.41. The van der Waals surface area contributed by atoms with Crippen molar-refractivity contribution in [2.24, 2.45) is 5.73 Å². The highest BCUT2D eigenvalue weighted by Gasteiger charge is 2.40. The number of ketones is 1. The van der Waals surface area contributed by atoms with Gasteiger partial charge >= 0.3 is 6.18 Å². The van der Waals surface area contributed by atoms with Gasteiger partial charge in [-0.15, -0.1) is 22.6 Å². The molecule has 1 saturated heterocycles. The topological polar surface area (TPSA) is 98.5 Å². The molecular formula is C26H25Cl2F3N6O2. The van der Waals surface area contributed by atoms with Crippen LogP contribution in [0.3, 0.4) is 0 Å². The van der Waals surface area contributed by atoms with Crippen LogP contribution in [-0.4, -0.2) is 44.3 Å². The number of carbonyl (C=O) groups excluding carboxylic acids is 1. The third-order valence-corrected chi connectivity index (χ3v) is 6.91. The van der Waals surface area contributed by atoms with Gasteiger partial charge in [0.15, 0.2) is 11.6 Å².